The lowest BCUT2D eigenvalue weighted by atomic mass is 10.0. The van der Waals surface area contributed by atoms with Crippen molar-refractivity contribution in [1.29, 1.82) is 0 Å². The van der Waals surface area contributed by atoms with Crippen molar-refractivity contribution in [3.63, 3.8) is 0 Å². The summed E-state index contributed by atoms with van der Waals surface area (Å²) in [6.07, 6.45) is 0. The van der Waals surface area contributed by atoms with Crippen molar-refractivity contribution in [3.8, 4) is 0 Å². The summed E-state index contributed by atoms with van der Waals surface area (Å²) in [7, 11) is -3.51. The fraction of sp³-hybridized carbons (Fsp3) is 0.381. The van der Waals surface area contributed by atoms with Crippen LogP contribution in [-0.4, -0.2) is 56.3 Å². The van der Waals surface area contributed by atoms with E-state index < -0.39 is 10.0 Å². The van der Waals surface area contributed by atoms with Crippen LogP contribution in [0.4, 0.5) is 5.69 Å². The van der Waals surface area contributed by atoms with E-state index in [1.807, 2.05) is 26.0 Å². The van der Waals surface area contributed by atoms with Crippen molar-refractivity contribution in [1.82, 2.24) is 9.21 Å². The molecule has 2 aromatic rings. The Kier molecular flexibility index (Phi) is 6.17. The van der Waals surface area contributed by atoms with Gasteiger partial charge in [-0.3, -0.25) is 4.79 Å². The average Bonchev–Trinajstić information content (AvgIpc) is 2.70. The van der Waals surface area contributed by atoms with Gasteiger partial charge in [0.15, 0.2) is 0 Å². The number of carbonyl (C=O) groups excluding carboxylic acids is 1. The van der Waals surface area contributed by atoms with Gasteiger partial charge in [0.25, 0.3) is 5.91 Å². The van der Waals surface area contributed by atoms with Gasteiger partial charge in [0.05, 0.1) is 4.90 Å². The third-order valence-corrected chi connectivity index (χ3v) is 7.29. The first-order valence-electron chi connectivity index (χ1n) is 9.53. The van der Waals surface area contributed by atoms with Crippen LogP contribution in [0.1, 0.15) is 28.4 Å². The van der Waals surface area contributed by atoms with E-state index in [1.165, 1.54) is 4.31 Å². The number of piperazine rings is 1. The minimum absolute atomic E-state index is 0.201. The highest BCUT2D eigenvalue weighted by Gasteiger charge is 2.27. The van der Waals surface area contributed by atoms with Crippen LogP contribution in [0, 0.1) is 13.8 Å². The zero-order chi connectivity index (χ0) is 20.3. The van der Waals surface area contributed by atoms with Crippen LogP contribution < -0.4 is 5.32 Å². The largest absolute Gasteiger partial charge is 0.322 e. The highest BCUT2D eigenvalue weighted by Crippen LogP contribution is 2.21. The fourth-order valence-corrected chi connectivity index (χ4v) is 4.76. The molecule has 1 N–H and O–H groups in total. The van der Waals surface area contributed by atoms with Crippen LogP contribution in [0.5, 0.6) is 0 Å². The summed E-state index contributed by atoms with van der Waals surface area (Å²) >= 11 is 0. The summed E-state index contributed by atoms with van der Waals surface area (Å²) in [5.41, 5.74) is 3.17. The van der Waals surface area contributed by atoms with E-state index in [-0.39, 0.29) is 10.8 Å². The zero-order valence-electron chi connectivity index (χ0n) is 16.6. The maximum atomic E-state index is 12.8. The Balaban J connectivity index is 1.71. The van der Waals surface area contributed by atoms with Crippen molar-refractivity contribution < 1.29 is 13.2 Å². The van der Waals surface area contributed by atoms with Gasteiger partial charge >= 0.3 is 0 Å². The molecule has 1 amide bonds. The first kappa shape index (κ1) is 20.5. The molecule has 0 atom stereocenters. The molecular weight excluding hydrogens is 374 g/mol. The second-order valence-corrected chi connectivity index (χ2v) is 9.00. The molecule has 7 heteroatoms. The summed E-state index contributed by atoms with van der Waals surface area (Å²) in [5, 5.41) is 2.84. The quantitative estimate of drug-likeness (QED) is 0.836. The molecule has 28 heavy (non-hydrogen) atoms. The molecule has 0 bridgehead atoms. The first-order valence-corrected chi connectivity index (χ1v) is 11.0. The topological polar surface area (TPSA) is 69.7 Å². The van der Waals surface area contributed by atoms with Crippen molar-refractivity contribution in [2.75, 3.05) is 38.0 Å². The van der Waals surface area contributed by atoms with Crippen molar-refractivity contribution in [2.45, 2.75) is 25.7 Å². The van der Waals surface area contributed by atoms with Gasteiger partial charge in [-0.25, -0.2) is 8.42 Å². The summed E-state index contributed by atoms with van der Waals surface area (Å²) in [4.78, 5) is 15.0. The summed E-state index contributed by atoms with van der Waals surface area (Å²) in [6, 6.07) is 12.0. The lowest BCUT2D eigenvalue weighted by molar-refractivity contribution is 0.102. The predicted octanol–water partition coefficient (Wildman–Crippen LogP) is 2.88. The van der Waals surface area contributed by atoms with E-state index in [0.29, 0.717) is 24.3 Å². The predicted molar refractivity (Wildman–Crippen MR) is 111 cm³/mol. The third-order valence-electron chi connectivity index (χ3n) is 5.38. The monoisotopic (exact) mass is 401 g/mol. The Morgan fingerprint density at radius 2 is 1.64 bits per heavy atom. The summed E-state index contributed by atoms with van der Waals surface area (Å²) < 4.78 is 27.2. The normalized spacial score (nSPS) is 16.1. The Hall–Kier alpha value is -2.22. The molecule has 1 heterocycles. The fourth-order valence-electron chi connectivity index (χ4n) is 3.34. The maximum Gasteiger partial charge on any atom is 0.255 e. The number of hydrogen-bond donors (Lipinski definition) is 1. The number of anilines is 1. The van der Waals surface area contributed by atoms with Gasteiger partial charge in [-0.05, 0) is 61.9 Å². The van der Waals surface area contributed by atoms with Gasteiger partial charge in [0.1, 0.15) is 0 Å². The molecule has 1 aliphatic heterocycles. The van der Waals surface area contributed by atoms with Crippen LogP contribution in [0.3, 0.4) is 0 Å². The highest BCUT2D eigenvalue weighted by atomic mass is 32.2. The number of carbonyl (C=O) groups is 1. The second-order valence-electron chi connectivity index (χ2n) is 7.06. The Labute approximate surface area is 167 Å². The van der Waals surface area contributed by atoms with E-state index in [4.69, 9.17) is 0 Å². The summed E-state index contributed by atoms with van der Waals surface area (Å²) in [5.74, 6) is -0.201. The SMILES string of the molecule is CCN1CCN(S(=O)(=O)c2ccc(NC(=O)c3cccc(C)c3C)cc2)CC1. The van der Waals surface area contributed by atoms with Crippen molar-refractivity contribution in [2.24, 2.45) is 0 Å². The van der Waals surface area contributed by atoms with Gasteiger partial charge in [-0.1, -0.05) is 19.1 Å². The minimum Gasteiger partial charge on any atom is -0.322 e. The van der Waals surface area contributed by atoms with Gasteiger partial charge in [0.2, 0.25) is 10.0 Å². The standard InChI is InChI=1S/C21H27N3O3S/c1-4-23-12-14-24(15-13-23)28(26,27)19-10-8-18(9-11-19)22-21(25)20-7-5-6-16(2)17(20)3/h5-11H,4,12-15H2,1-3H3,(H,22,25). The molecule has 0 spiro atoms. The molecule has 3 rings (SSSR count). The minimum atomic E-state index is -3.51. The molecule has 0 aliphatic carbocycles. The number of sulfonamides is 1. The molecule has 1 saturated heterocycles. The van der Waals surface area contributed by atoms with E-state index >= 15 is 0 Å². The van der Waals surface area contributed by atoms with E-state index in [2.05, 4.69) is 17.1 Å². The molecule has 0 saturated carbocycles. The van der Waals surface area contributed by atoms with Gasteiger partial charge < -0.3 is 10.2 Å². The molecule has 150 valence electrons. The van der Waals surface area contributed by atoms with Gasteiger partial charge in [0, 0.05) is 37.4 Å². The van der Waals surface area contributed by atoms with Gasteiger partial charge in [-0.15, -0.1) is 0 Å². The zero-order valence-corrected chi connectivity index (χ0v) is 17.4. The highest BCUT2D eigenvalue weighted by molar-refractivity contribution is 7.89. The van der Waals surface area contributed by atoms with E-state index in [1.54, 1.807) is 30.3 Å². The molecule has 0 aromatic heterocycles. The van der Waals surface area contributed by atoms with Crippen molar-refractivity contribution in [3.05, 3.63) is 59.2 Å². The van der Waals surface area contributed by atoms with Crippen LogP contribution in [0.25, 0.3) is 0 Å². The van der Waals surface area contributed by atoms with E-state index in [9.17, 15) is 13.2 Å². The van der Waals surface area contributed by atoms with Crippen LogP contribution >= 0.6 is 0 Å². The Morgan fingerprint density at radius 1 is 1.00 bits per heavy atom. The average molecular weight is 402 g/mol. The number of likely N-dealkylation sites (N-methyl/N-ethyl adjacent to an activating group) is 1. The number of nitrogens with zero attached hydrogens (tertiary/aromatic N) is 2. The molecule has 0 unspecified atom stereocenters. The number of aryl methyl sites for hydroxylation is 1. The number of amides is 1. The van der Waals surface area contributed by atoms with Crippen molar-refractivity contribution >= 4 is 21.6 Å². The van der Waals surface area contributed by atoms with E-state index in [0.717, 1.165) is 30.8 Å². The second kappa shape index (κ2) is 8.43. The molecule has 1 aliphatic rings. The lowest BCUT2D eigenvalue weighted by Gasteiger charge is -2.33. The molecule has 0 radical (unpaired) electrons. The Bertz CT molecular complexity index is 947. The third kappa shape index (κ3) is 4.27. The maximum absolute atomic E-state index is 12.8. The number of hydrogen-bond acceptors (Lipinski definition) is 4. The molecule has 1 fully saturated rings. The molecule has 2 aromatic carbocycles. The Morgan fingerprint density at radius 3 is 2.25 bits per heavy atom. The number of rotatable bonds is 5. The van der Waals surface area contributed by atoms with Gasteiger partial charge in [-0.2, -0.15) is 4.31 Å². The molecular formula is C21H27N3O3S. The lowest BCUT2D eigenvalue weighted by Crippen LogP contribution is -2.48. The van der Waals surface area contributed by atoms with Crippen LogP contribution in [0.15, 0.2) is 47.4 Å². The molecule has 6 nitrogen and oxygen atoms in total. The van der Waals surface area contributed by atoms with Crippen LogP contribution in [-0.2, 0) is 10.0 Å². The smallest absolute Gasteiger partial charge is 0.255 e. The van der Waals surface area contributed by atoms with Crippen LogP contribution in [0.2, 0.25) is 0 Å². The summed E-state index contributed by atoms with van der Waals surface area (Å²) in [6.45, 7) is 9.39. The number of nitrogens with one attached hydrogen (secondary N) is 1. The number of benzene rings is 2. The first-order chi connectivity index (χ1) is 13.3.